The summed E-state index contributed by atoms with van der Waals surface area (Å²) in [4.78, 5) is 28.1. The summed E-state index contributed by atoms with van der Waals surface area (Å²) in [7, 11) is 0. The zero-order valence-electron chi connectivity index (χ0n) is 12.6. The first kappa shape index (κ1) is 16.0. The number of amides is 2. The van der Waals surface area contributed by atoms with E-state index in [0.717, 1.165) is 12.1 Å². The van der Waals surface area contributed by atoms with Crippen molar-refractivity contribution in [3.63, 3.8) is 0 Å². The minimum atomic E-state index is -0.847. The number of aromatic nitrogens is 1. The molecule has 1 aromatic carbocycles. The van der Waals surface area contributed by atoms with Crippen molar-refractivity contribution < 1.29 is 18.4 Å². The van der Waals surface area contributed by atoms with Crippen molar-refractivity contribution >= 4 is 17.5 Å². The summed E-state index contributed by atoms with van der Waals surface area (Å²) in [5.74, 6) is -3.58. The summed E-state index contributed by atoms with van der Waals surface area (Å²) >= 11 is 0. The predicted octanol–water partition coefficient (Wildman–Crippen LogP) is 2.25. The topological polar surface area (TPSA) is 71.1 Å². The fourth-order valence-corrected chi connectivity index (χ4v) is 2.42. The van der Waals surface area contributed by atoms with Gasteiger partial charge in [0.15, 0.2) is 0 Å². The second kappa shape index (κ2) is 6.74. The van der Waals surface area contributed by atoms with E-state index >= 15 is 0 Å². The highest BCUT2D eigenvalue weighted by molar-refractivity contribution is 5.99. The van der Waals surface area contributed by atoms with Crippen LogP contribution >= 0.6 is 0 Å². The van der Waals surface area contributed by atoms with Gasteiger partial charge in [-0.15, -0.1) is 0 Å². The van der Waals surface area contributed by atoms with Gasteiger partial charge in [0.25, 0.3) is 0 Å². The molecule has 0 radical (unpaired) electrons. The minimum Gasteiger partial charge on any atom is -0.350 e. The van der Waals surface area contributed by atoms with Crippen LogP contribution in [0.15, 0.2) is 42.6 Å². The Morgan fingerprint density at radius 2 is 1.75 bits per heavy atom. The molecule has 1 heterocycles. The van der Waals surface area contributed by atoms with Gasteiger partial charge >= 0.3 is 0 Å². The maximum atomic E-state index is 13.5. The Balaban J connectivity index is 1.53. The number of benzene rings is 1. The molecule has 0 bridgehead atoms. The lowest BCUT2D eigenvalue weighted by atomic mass is 10.2. The molecule has 124 valence electrons. The average molecular weight is 331 g/mol. The molecule has 0 spiro atoms. The average Bonchev–Trinajstić information content (AvgIpc) is 3.38. The highest BCUT2D eigenvalue weighted by Crippen LogP contribution is 2.39. The SMILES string of the molecule is O=C(NCc1ccccn1)C1CC1C(=O)Nc1c(F)cccc1F. The zero-order chi connectivity index (χ0) is 17.1. The van der Waals surface area contributed by atoms with Gasteiger partial charge in [0.05, 0.1) is 24.1 Å². The number of nitrogens with zero attached hydrogens (tertiary/aromatic N) is 1. The van der Waals surface area contributed by atoms with E-state index in [9.17, 15) is 18.4 Å². The first-order valence-corrected chi connectivity index (χ1v) is 7.48. The second-order valence-electron chi connectivity index (χ2n) is 5.57. The molecule has 24 heavy (non-hydrogen) atoms. The Hall–Kier alpha value is -2.83. The number of halogens is 2. The van der Waals surface area contributed by atoms with E-state index < -0.39 is 35.1 Å². The van der Waals surface area contributed by atoms with E-state index in [-0.39, 0.29) is 12.5 Å². The zero-order valence-corrected chi connectivity index (χ0v) is 12.6. The first-order valence-electron chi connectivity index (χ1n) is 7.48. The summed E-state index contributed by atoms with van der Waals surface area (Å²) < 4.78 is 27.0. The van der Waals surface area contributed by atoms with Crippen molar-refractivity contribution in [1.82, 2.24) is 10.3 Å². The third-order valence-electron chi connectivity index (χ3n) is 3.84. The highest BCUT2D eigenvalue weighted by atomic mass is 19.1. The number of hydrogen-bond donors (Lipinski definition) is 2. The third-order valence-corrected chi connectivity index (χ3v) is 3.84. The van der Waals surface area contributed by atoms with Crippen LogP contribution in [0.1, 0.15) is 12.1 Å². The molecule has 2 unspecified atom stereocenters. The molecule has 0 aliphatic heterocycles. The van der Waals surface area contributed by atoms with Gasteiger partial charge in [0.1, 0.15) is 17.3 Å². The summed E-state index contributed by atoms with van der Waals surface area (Å²) in [5, 5.41) is 4.92. The molecule has 2 amide bonds. The maximum absolute atomic E-state index is 13.5. The lowest BCUT2D eigenvalue weighted by Crippen LogP contribution is -2.27. The van der Waals surface area contributed by atoms with E-state index in [0.29, 0.717) is 12.1 Å². The Bertz CT molecular complexity index is 747. The van der Waals surface area contributed by atoms with Gasteiger partial charge in [-0.25, -0.2) is 8.78 Å². The fraction of sp³-hybridized carbons (Fsp3) is 0.235. The summed E-state index contributed by atoms with van der Waals surface area (Å²) in [6, 6.07) is 8.69. The van der Waals surface area contributed by atoms with E-state index in [2.05, 4.69) is 15.6 Å². The van der Waals surface area contributed by atoms with Crippen molar-refractivity contribution in [3.05, 3.63) is 59.9 Å². The van der Waals surface area contributed by atoms with E-state index in [1.54, 1.807) is 18.3 Å². The van der Waals surface area contributed by atoms with Gasteiger partial charge < -0.3 is 10.6 Å². The molecule has 2 aromatic rings. The van der Waals surface area contributed by atoms with E-state index in [1.807, 2.05) is 6.07 Å². The van der Waals surface area contributed by atoms with Crippen LogP contribution in [0.25, 0.3) is 0 Å². The molecule has 2 N–H and O–H groups in total. The quantitative estimate of drug-likeness (QED) is 0.883. The molecule has 7 heteroatoms. The molecular formula is C17H15F2N3O2. The van der Waals surface area contributed by atoms with Crippen LogP contribution in [0.2, 0.25) is 0 Å². The Kier molecular flexibility index (Phi) is 4.50. The highest BCUT2D eigenvalue weighted by Gasteiger charge is 2.48. The number of hydrogen-bond acceptors (Lipinski definition) is 3. The van der Waals surface area contributed by atoms with Crippen LogP contribution in [0, 0.1) is 23.5 Å². The van der Waals surface area contributed by atoms with Gasteiger partial charge in [0.2, 0.25) is 11.8 Å². The molecule has 1 saturated carbocycles. The van der Waals surface area contributed by atoms with Crippen molar-refractivity contribution in [2.45, 2.75) is 13.0 Å². The van der Waals surface area contributed by atoms with Crippen LogP contribution in [-0.4, -0.2) is 16.8 Å². The number of nitrogens with one attached hydrogen (secondary N) is 2. The minimum absolute atomic E-state index is 0.269. The number of pyridine rings is 1. The number of carbonyl (C=O) groups excluding carboxylic acids is 2. The van der Waals surface area contributed by atoms with Gasteiger partial charge in [-0.05, 0) is 30.7 Å². The van der Waals surface area contributed by atoms with Crippen LogP contribution in [0.3, 0.4) is 0 Å². The Morgan fingerprint density at radius 3 is 2.42 bits per heavy atom. The lowest BCUT2D eigenvalue weighted by Gasteiger charge is -2.07. The fourth-order valence-electron chi connectivity index (χ4n) is 2.42. The van der Waals surface area contributed by atoms with Crippen molar-refractivity contribution in [3.8, 4) is 0 Å². The van der Waals surface area contributed by atoms with Gasteiger partial charge in [-0.3, -0.25) is 14.6 Å². The van der Waals surface area contributed by atoms with Crippen molar-refractivity contribution in [2.24, 2.45) is 11.8 Å². The van der Waals surface area contributed by atoms with E-state index in [4.69, 9.17) is 0 Å². The van der Waals surface area contributed by atoms with Gasteiger partial charge in [-0.2, -0.15) is 0 Å². The number of para-hydroxylation sites is 1. The van der Waals surface area contributed by atoms with Crippen molar-refractivity contribution in [2.75, 3.05) is 5.32 Å². The maximum Gasteiger partial charge on any atom is 0.228 e. The lowest BCUT2D eigenvalue weighted by molar-refractivity contribution is -0.125. The summed E-state index contributed by atoms with van der Waals surface area (Å²) in [6.07, 6.45) is 1.98. The van der Waals surface area contributed by atoms with Crippen LogP contribution in [0.5, 0.6) is 0 Å². The van der Waals surface area contributed by atoms with E-state index in [1.165, 1.54) is 6.07 Å². The third kappa shape index (κ3) is 3.56. The largest absolute Gasteiger partial charge is 0.350 e. The Labute approximate surface area is 137 Å². The molecule has 5 nitrogen and oxygen atoms in total. The molecule has 1 aliphatic carbocycles. The van der Waals surface area contributed by atoms with Crippen molar-refractivity contribution in [1.29, 1.82) is 0 Å². The molecular weight excluding hydrogens is 316 g/mol. The number of anilines is 1. The standard InChI is InChI=1S/C17H15F2N3O2/c18-13-5-3-6-14(19)15(13)22-17(24)12-8-11(12)16(23)21-9-10-4-1-2-7-20-10/h1-7,11-12H,8-9H2,(H,21,23)(H,22,24). The summed E-state index contributed by atoms with van der Waals surface area (Å²) in [5.41, 5.74) is 0.225. The van der Waals surface area contributed by atoms with Gasteiger partial charge in [-0.1, -0.05) is 12.1 Å². The van der Waals surface area contributed by atoms with Crippen LogP contribution in [0.4, 0.5) is 14.5 Å². The monoisotopic (exact) mass is 331 g/mol. The number of rotatable bonds is 5. The second-order valence-corrected chi connectivity index (χ2v) is 5.57. The Morgan fingerprint density at radius 1 is 1.04 bits per heavy atom. The van der Waals surface area contributed by atoms with Crippen LogP contribution in [-0.2, 0) is 16.1 Å². The first-order chi connectivity index (χ1) is 11.6. The molecule has 1 aromatic heterocycles. The normalized spacial score (nSPS) is 18.8. The predicted molar refractivity (Wildman–Crippen MR) is 82.7 cm³/mol. The van der Waals surface area contributed by atoms with Gasteiger partial charge in [0, 0.05) is 6.20 Å². The molecule has 3 rings (SSSR count). The molecule has 1 fully saturated rings. The molecule has 2 atom stereocenters. The smallest absolute Gasteiger partial charge is 0.228 e. The molecule has 1 aliphatic rings. The van der Waals surface area contributed by atoms with Crippen LogP contribution < -0.4 is 10.6 Å². The molecule has 0 saturated heterocycles. The summed E-state index contributed by atoms with van der Waals surface area (Å²) in [6.45, 7) is 0.270. The number of carbonyl (C=O) groups is 2.